The van der Waals surface area contributed by atoms with Crippen molar-refractivity contribution in [3.05, 3.63) is 108 Å². The molecule has 0 amide bonds. The van der Waals surface area contributed by atoms with Crippen LogP contribution >= 0.6 is 11.8 Å². The second-order valence-corrected chi connectivity index (χ2v) is 10.0. The molecular weight excluding hydrogens is 670 g/mol. The fourth-order valence-electron chi connectivity index (χ4n) is 4.80. The van der Waals surface area contributed by atoms with Crippen LogP contribution in [0.15, 0.2) is 101 Å². The first-order valence-corrected chi connectivity index (χ1v) is 13.3. The molecule has 6 heteroatoms. The zero-order chi connectivity index (χ0) is 25.4. The van der Waals surface area contributed by atoms with Crippen molar-refractivity contribution in [3.8, 4) is 22.7 Å². The molecule has 0 aliphatic heterocycles. The molecule has 0 saturated heterocycles. The number of hydrogen-bond acceptors (Lipinski definition) is 4. The van der Waals surface area contributed by atoms with Crippen LogP contribution in [0.3, 0.4) is 0 Å². The summed E-state index contributed by atoms with van der Waals surface area (Å²) in [6.07, 6.45) is 3.46. The summed E-state index contributed by atoms with van der Waals surface area (Å²) in [5.74, 6) is 0.315. The number of hydrogen-bond donors (Lipinski definition) is 1. The van der Waals surface area contributed by atoms with E-state index in [2.05, 4.69) is 65.9 Å². The fraction of sp³-hybridized carbons (Fsp3) is 0.125. The van der Waals surface area contributed by atoms with Crippen LogP contribution in [0, 0.1) is 6.07 Å². The number of aromatic nitrogens is 3. The van der Waals surface area contributed by atoms with Crippen molar-refractivity contribution < 1.29 is 26.2 Å². The third-order valence-corrected chi connectivity index (χ3v) is 7.59. The third kappa shape index (κ3) is 4.77. The summed E-state index contributed by atoms with van der Waals surface area (Å²) in [5, 5.41) is 14.4. The molecule has 0 bridgehead atoms. The van der Waals surface area contributed by atoms with Crippen LogP contribution in [-0.4, -0.2) is 19.6 Å². The van der Waals surface area contributed by atoms with E-state index in [0.29, 0.717) is 5.75 Å². The minimum atomic E-state index is 0. The summed E-state index contributed by atoms with van der Waals surface area (Å²) in [6.45, 7) is 4.22. The fourth-order valence-corrected chi connectivity index (χ4v) is 5.59. The average molecular weight is 696 g/mol. The summed E-state index contributed by atoms with van der Waals surface area (Å²) in [7, 11) is 0. The number of benzene rings is 3. The zero-order valence-electron chi connectivity index (χ0n) is 21.1. The van der Waals surface area contributed by atoms with Crippen molar-refractivity contribution in [1.82, 2.24) is 14.5 Å². The minimum absolute atomic E-state index is 0. The Balaban J connectivity index is 0.00000294. The number of nitrogens with zero attached hydrogens (tertiary/aromatic N) is 3. The molecule has 3 aromatic heterocycles. The Bertz CT molecular complexity index is 1750. The monoisotopic (exact) mass is 695 g/mol. The number of aromatic hydroxyl groups is 1. The van der Waals surface area contributed by atoms with E-state index >= 15 is 0 Å². The number of fused-ring (bicyclic) bond motifs is 3. The maximum absolute atomic E-state index is 11.3. The number of aryl methyl sites for hydroxylation is 2. The van der Waals surface area contributed by atoms with Crippen LogP contribution in [0.2, 0.25) is 0 Å². The molecule has 0 atom stereocenters. The largest absolute Gasteiger partial charge is 0.505 e. The number of phenols is 1. The van der Waals surface area contributed by atoms with Crippen molar-refractivity contribution in [2.75, 3.05) is 0 Å². The van der Waals surface area contributed by atoms with Crippen LogP contribution in [0.5, 0.6) is 5.75 Å². The van der Waals surface area contributed by atoms with Crippen LogP contribution in [-0.2, 0) is 33.9 Å². The van der Waals surface area contributed by atoms with Gasteiger partial charge in [0.25, 0.3) is 0 Å². The van der Waals surface area contributed by atoms with Crippen molar-refractivity contribution in [2.24, 2.45) is 0 Å². The Hall–Kier alpha value is -3.40. The predicted molar refractivity (Wildman–Crippen MR) is 152 cm³/mol. The van der Waals surface area contributed by atoms with Gasteiger partial charge in [-0.05, 0) is 53.9 Å². The van der Waals surface area contributed by atoms with E-state index in [1.165, 1.54) is 5.56 Å². The maximum Gasteiger partial charge on any atom is 0.142 e. The maximum atomic E-state index is 11.3. The van der Waals surface area contributed by atoms with Gasteiger partial charge in [0, 0.05) is 38.0 Å². The standard InChI is InChI=1S/C32H26N3OS.Pt/c1-3-21-18-22(4-2)31(36)29(19-21)35-28-13-6-5-12-25(28)26-15-16-27(34-32(26)35)23-10-9-11-24(20-23)37-30-14-7-8-17-33-30;/h5-19,36H,3-4H2,1-2H3;/q-1;. The Kier molecular flexibility index (Phi) is 7.69. The van der Waals surface area contributed by atoms with Crippen LogP contribution in [0.25, 0.3) is 38.9 Å². The van der Waals surface area contributed by atoms with Gasteiger partial charge >= 0.3 is 0 Å². The Labute approximate surface area is 241 Å². The van der Waals surface area contributed by atoms with E-state index in [-0.39, 0.29) is 21.1 Å². The van der Waals surface area contributed by atoms with Gasteiger partial charge in [0.1, 0.15) is 11.4 Å². The first kappa shape index (κ1) is 26.2. The number of rotatable bonds is 6. The average Bonchev–Trinajstić information content (AvgIpc) is 3.27. The Morgan fingerprint density at radius 1 is 0.868 bits per heavy atom. The van der Waals surface area contributed by atoms with Crippen LogP contribution < -0.4 is 0 Å². The number of phenolic OH excluding ortho intramolecular Hbond substituents is 1. The summed E-state index contributed by atoms with van der Waals surface area (Å²) in [5.41, 5.74) is 6.51. The van der Waals surface area contributed by atoms with Gasteiger partial charge in [0.2, 0.25) is 0 Å². The van der Waals surface area contributed by atoms with E-state index in [4.69, 9.17) is 4.98 Å². The smallest absolute Gasteiger partial charge is 0.142 e. The second-order valence-electron chi connectivity index (χ2n) is 8.95. The van der Waals surface area contributed by atoms with Gasteiger partial charge in [0.05, 0.1) is 16.2 Å². The molecule has 0 aliphatic rings. The van der Waals surface area contributed by atoms with Crippen LogP contribution in [0.4, 0.5) is 0 Å². The molecule has 1 N–H and O–H groups in total. The molecule has 6 aromatic rings. The number of pyridine rings is 2. The Morgan fingerprint density at radius 3 is 2.50 bits per heavy atom. The SMILES string of the molecule is CCc1cc(CC)c(O)c(-n2c3ccccc3c3ccc(-c4[c-]c(Sc5ccccn5)ccc4)nc32)c1.[Pt]. The van der Waals surface area contributed by atoms with E-state index in [1.807, 2.05) is 48.5 Å². The van der Waals surface area contributed by atoms with Gasteiger partial charge in [0.15, 0.2) is 0 Å². The predicted octanol–water partition coefficient (Wildman–Crippen LogP) is 8.02. The first-order chi connectivity index (χ1) is 18.2. The summed E-state index contributed by atoms with van der Waals surface area (Å²) >= 11 is 1.58. The van der Waals surface area contributed by atoms with E-state index in [0.717, 1.165) is 67.2 Å². The van der Waals surface area contributed by atoms with Gasteiger partial charge in [-0.3, -0.25) is 9.55 Å². The molecule has 192 valence electrons. The van der Waals surface area contributed by atoms with Gasteiger partial charge in [-0.15, -0.1) is 29.8 Å². The minimum Gasteiger partial charge on any atom is -0.505 e. The molecule has 0 spiro atoms. The van der Waals surface area contributed by atoms with Gasteiger partial charge in [-0.2, -0.15) is 0 Å². The van der Waals surface area contributed by atoms with Crippen molar-refractivity contribution in [3.63, 3.8) is 0 Å². The molecule has 0 fully saturated rings. The molecule has 4 nitrogen and oxygen atoms in total. The third-order valence-electron chi connectivity index (χ3n) is 6.68. The topological polar surface area (TPSA) is 50.9 Å². The molecular formula is C32H26N3OPtS-. The molecule has 0 unspecified atom stereocenters. The van der Waals surface area contributed by atoms with Gasteiger partial charge in [-0.25, -0.2) is 4.98 Å². The first-order valence-electron chi connectivity index (χ1n) is 12.5. The van der Waals surface area contributed by atoms with Crippen molar-refractivity contribution in [2.45, 2.75) is 36.6 Å². The molecule has 0 saturated carbocycles. The molecule has 0 aliphatic carbocycles. The molecule has 6 rings (SSSR count). The Morgan fingerprint density at radius 2 is 1.71 bits per heavy atom. The van der Waals surface area contributed by atoms with Gasteiger partial charge < -0.3 is 5.11 Å². The van der Waals surface area contributed by atoms with E-state index in [1.54, 1.807) is 18.0 Å². The molecule has 3 aromatic carbocycles. The van der Waals surface area contributed by atoms with Crippen LogP contribution in [0.1, 0.15) is 25.0 Å². The zero-order valence-corrected chi connectivity index (χ0v) is 24.2. The molecule has 0 radical (unpaired) electrons. The van der Waals surface area contributed by atoms with E-state index in [9.17, 15) is 5.11 Å². The van der Waals surface area contributed by atoms with Crippen molar-refractivity contribution in [1.29, 1.82) is 0 Å². The second kappa shape index (κ2) is 11.1. The normalized spacial score (nSPS) is 11.1. The quantitative estimate of drug-likeness (QED) is 0.180. The summed E-state index contributed by atoms with van der Waals surface area (Å²) < 4.78 is 2.11. The van der Waals surface area contributed by atoms with Gasteiger partial charge in [-0.1, -0.05) is 73.0 Å². The summed E-state index contributed by atoms with van der Waals surface area (Å²) in [4.78, 5) is 10.6. The summed E-state index contributed by atoms with van der Waals surface area (Å²) in [6, 6.07) is 32.2. The number of para-hydroxylation sites is 1. The molecule has 3 heterocycles. The van der Waals surface area contributed by atoms with E-state index < -0.39 is 0 Å². The van der Waals surface area contributed by atoms with Crippen molar-refractivity contribution >= 4 is 33.7 Å². The molecule has 38 heavy (non-hydrogen) atoms.